The van der Waals surface area contributed by atoms with Gasteiger partial charge in [-0.2, -0.15) is 0 Å². The fourth-order valence-corrected chi connectivity index (χ4v) is 0.787. The first-order valence-corrected chi connectivity index (χ1v) is 6.76. The van der Waals surface area contributed by atoms with Crippen molar-refractivity contribution in [1.82, 2.24) is 0 Å². The largest absolute Gasteiger partial charge is 0.501 e. The van der Waals surface area contributed by atoms with Gasteiger partial charge in [0.25, 0.3) is 0 Å². The molecule has 17 heavy (non-hydrogen) atoms. The minimum atomic E-state index is 0.726. The first kappa shape index (κ1) is 21.1. The van der Waals surface area contributed by atoms with Crippen molar-refractivity contribution in [1.29, 1.82) is 0 Å². The van der Waals surface area contributed by atoms with Gasteiger partial charge in [-0.05, 0) is 18.6 Å². The number of rotatable bonds is 3. The number of hydrogen-bond acceptors (Lipinski definition) is 1. The van der Waals surface area contributed by atoms with Crippen LogP contribution in [0.1, 0.15) is 54.0 Å². The maximum atomic E-state index is 5.06. The number of ether oxygens (including phenoxy) is 1. The van der Waals surface area contributed by atoms with Crippen molar-refractivity contribution >= 4 is 6.08 Å². The number of benzene rings is 1. The molecule has 0 radical (unpaired) electrons. The van der Waals surface area contributed by atoms with Crippen LogP contribution >= 0.6 is 0 Å². The Morgan fingerprint density at radius 2 is 1.35 bits per heavy atom. The van der Waals surface area contributed by atoms with Crippen molar-refractivity contribution in [2.24, 2.45) is 0 Å². The third-order valence-electron chi connectivity index (χ3n) is 1.32. The molecule has 0 N–H and O–H groups in total. The maximum absolute atomic E-state index is 5.06. The molecular formula is C16H30O. The van der Waals surface area contributed by atoms with Gasteiger partial charge < -0.3 is 4.74 Å². The highest BCUT2D eigenvalue weighted by atomic mass is 16.5. The SMILES string of the molecule is CC.CC.CC.CCO/C=C/c1ccccc1. The van der Waals surface area contributed by atoms with Crippen molar-refractivity contribution in [3.63, 3.8) is 0 Å². The molecule has 1 aromatic carbocycles. The summed E-state index contributed by atoms with van der Waals surface area (Å²) in [5.41, 5.74) is 1.17. The van der Waals surface area contributed by atoms with Crippen LogP contribution in [-0.2, 0) is 4.74 Å². The van der Waals surface area contributed by atoms with Crippen LogP contribution in [0.4, 0.5) is 0 Å². The van der Waals surface area contributed by atoms with Gasteiger partial charge in [-0.15, -0.1) is 0 Å². The van der Waals surface area contributed by atoms with Gasteiger partial charge in [0.05, 0.1) is 12.9 Å². The van der Waals surface area contributed by atoms with E-state index in [4.69, 9.17) is 4.74 Å². The topological polar surface area (TPSA) is 9.23 Å². The van der Waals surface area contributed by atoms with Gasteiger partial charge >= 0.3 is 0 Å². The van der Waals surface area contributed by atoms with E-state index in [0.29, 0.717) is 0 Å². The van der Waals surface area contributed by atoms with Crippen molar-refractivity contribution in [3.8, 4) is 0 Å². The van der Waals surface area contributed by atoms with E-state index in [0.717, 1.165) is 6.61 Å². The first-order chi connectivity index (χ1) is 8.43. The summed E-state index contributed by atoms with van der Waals surface area (Å²) in [4.78, 5) is 0. The van der Waals surface area contributed by atoms with Gasteiger partial charge in [0.15, 0.2) is 0 Å². The third kappa shape index (κ3) is 17.4. The maximum Gasteiger partial charge on any atom is 0.0845 e. The third-order valence-corrected chi connectivity index (χ3v) is 1.32. The Morgan fingerprint density at radius 1 is 0.882 bits per heavy atom. The summed E-state index contributed by atoms with van der Waals surface area (Å²) in [6, 6.07) is 10.1. The highest BCUT2D eigenvalue weighted by molar-refractivity contribution is 5.47. The van der Waals surface area contributed by atoms with Crippen LogP contribution in [0, 0.1) is 0 Å². The second kappa shape index (κ2) is 24.1. The molecule has 1 aromatic rings. The van der Waals surface area contributed by atoms with Gasteiger partial charge in [0.2, 0.25) is 0 Å². The van der Waals surface area contributed by atoms with Crippen molar-refractivity contribution < 1.29 is 4.74 Å². The predicted octanol–water partition coefficient (Wildman–Crippen LogP) is 5.77. The zero-order chi connectivity index (χ0) is 13.9. The van der Waals surface area contributed by atoms with Crippen LogP contribution in [0.15, 0.2) is 36.6 Å². The Labute approximate surface area is 109 Å². The molecule has 0 aliphatic rings. The Kier molecular flexibility index (Phi) is 29.9. The molecule has 0 aromatic heterocycles. The number of hydrogen-bond donors (Lipinski definition) is 0. The molecule has 0 aliphatic carbocycles. The minimum absolute atomic E-state index is 0.726. The Hall–Kier alpha value is -1.24. The van der Waals surface area contributed by atoms with E-state index in [9.17, 15) is 0 Å². The zero-order valence-corrected chi connectivity index (χ0v) is 12.7. The molecule has 0 atom stereocenters. The van der Waals surface area contributed by atoms with Crippen LogP contribution in [-0.4, -0.2) is 6.61 Å². The first-order valence-electron chi connectivity index (χ1n) is 6.76. The van der Waals surface area contributed by atoms with E-state index in [1.54, 1.807) is 6.26 Å². The van der Waals surface area contributed by atoms with Gasteiger partial charge in [0.1, 0.15) is 0 Å². The van der Waals surface area contributed by atoms with E-state index < -0.39 is 0 Å². The average molecular weight is 238 g/mol. The van der Waals surface area contributed by atoms with E-state index in [-0.39, 0.29) is 0 Å². The lowest BCUT2D eigenvalue weighted by molar-refractivity contribution is 0.272. The predicted molar refractivity (Wildman–Crippen MR) is 81.1 cm³/mol. The van der Waals surface area contributed by atoms with Crippen LogP contribution in [0.3, 0.4) is 0 Å². The van der Waals surface area contributed by atoms with E-state index >= 15 is 0 Å². The van der Waals surface area contributed by atoms with Crippen LogP contribution in [0.2, 0.25) is 0 Å². The summed E-state index contributed by atoms with van der Waals surface area (Å²) < 4.78 is 5.06. The summed E-state index contributed by atoms with van der Waals surface area (Å²) in [6.07, 6.45) is 3.67. The second-order valence-electron chi connectivity index (χ2n) is 2.17. The smallest absolute Gasteiger partial charge is 0.0845 e. The lowest BCUT2D eigenvalue weighted by Gasteiger charge is -1.92. The van der Waals surface area contributed by atoms with Crippen LogP contribution in [0.25, 0.3) is 6.08 Å². The molecule has 0 unspecified atom stereocenters. The average Bonchev–Trinajstić information content (AvgIpc) is 2.47. The lowest BCUT2D eigenvalue weighted by atomic mass is 10.2. The van der Waals surface area contributed by atoms with E-state index in [1.807, 2.05) is 84.9 Å². The van der Waals surface area contributed by atoms with Crippen molar-refractivity contribution in [2.45, 2.75) is 48.5 Å². The summed E-state index contributed by atoms with van der Waals surface area (Å²) in [7, 11) is 0. The highest BCUT2D eigenvalue weighted by Gasteiger charge is 1.80. The molecule has 1 heteroatoms. The normalized spacial score (nSPS) is 7.71. The molecule has 0 heterocycles. The molecule has 1 rings (SSSR count). The molecule has 0 bridgehead atoms. The van der Waals surface area contributed by atoms with Crippen LogP contribution in [0.5, 0.6) is 0 Å². The fourth-order valence-electron chi connectivity index (χ4n) is 0.787. The molecule has 0 spiro atoms. The second-order valence-corrected chi connectivity index (χ2v) is 2.17. The van der Waals surface area contributed by atoms with Crippen molar-refractivity contribution in [2.75, 3.05) is 6.61 Å². The van der Waals surface area contributed by atoms with Gasteiger partial charge in [-0.25, -0.2) is 0 Å². The zero-order valence-electron chi connectivity index (χ0n) is 12.7. The molecule has 0 saturated carbocycles. The van der Waals surface area contributed by atoms with Crippen molar-refractivity contribution in [3.05, 3.63) is 42.2 Å². The molecule has 100 valence electrons. The lowest BCUT2D eigenvalue weighted by Crippen LogP contribution is -1.76. The summed E-state index contributed by atoms with van der Waals surface area (Å²) in [6.45, 7) is 14.7. The van der Waals surface area contributed by atoms with Gasteiger partial charge in [0, 0.05) is 0 Å². The van der Waals surface area contributed by atoms with Gasteiger partial charge in [-0.1, -0.05) is 71.9 Å². The summed E-state index contributed by atoms with van der Waals surface area (Å²) in [5, 5.41) is 0. The molecule has 1 nitrogen and oxygen atoms in total. The highest BCUT2D eigenvalue weighted by Crippen LogP contribution is 2.00. The molecule has 0 amide bonds. The molecule has 0 fully saturated rings. The fraction of sp³-hybridized carbons (Fsp3) is 0.500. The molecule has 0 saturated heterocycles. The van der Waals surface area contributed by atoms with Gasteiger partial charge in [-0.3, -0.25) is 0 Å². The summed E-state index contributed by atoms with van der Waals surface area (Å²) >= 11 is 0. The Balaban J connectivity index is -0.000000285. The Bertz CT molecular complexity index is 214. The quantitative estimate of drug-likeness (QED) is 0.607. The monoisotopic (exact) mass is 238 g/mol. The summed E-state index contributed by atoms with van der Waals surface area (Å²) in [5.74, 6) is 0. The molecular weight excluding hydrogens is 208 g/mol. The van der Waals surface area contributed by atoms with Crippen LogP contribution < -0.4 is 0 Å². The molecule has 0 aliphatic heterocycles. The standard InChI is InChI=1S/C10H12O.3C2H6/c1-2-11-9-8-10-6-4-3-5-7-10;3*1-2/h3-9H,2H2,1H3;3*1-2H3/b9-8+;;;. The minimum Gasteiger partial charge on any atom is -0.501 e. The van der Waals surface area contributed by atoms with E-state index in [2.05, 4.69) is 0 Å². The Morgan fingerprint density at radius 3 is 1.76 bits per heavy atom. The van der Waals surface area contributed by atoms with E-state index in [1.165, 1.54) is 5.56 Å².